The highest BCUT2D eigenvalue weighted by Gasteiger charge is 2.26. The average Bonchev–Trinajstić information content (AvgIpc) is 2.48. The molecule has 0 saturated heterocycles. The summed E-state index contributed by atoms with van der Waals surface area (Å²) in [5.41, 5.74) is 6.41. The van der Waals surface area contributed by atoms with Crippen LogP contribution in [0.1, 0.15) is 31.2 Å². The quantitative estimate of drug-likeness (QED) is 0.384. The Kier molecular flexibility index (Phi) is 8.04. The maximum absolute atomic E-state index is 11.7. The monoisotopic (exact) mass is 294 g/mol. The van der Waals surface area contributed by atoms with E-state index < -0.39 is 17.9 Å². The lowest BCUT2D eigenvalue weighted by Crippen LogP contribution is -2.26. The van der Waals surface area contributed by atoms with Gasteiger partial charge in [0.05, 0.1) is 6.61 Å². The molecule has 0 spiro atoms. The van der Waals surface area contributed by atoms with Crippen molar-refractivity contribution in [2.24, 2.45) is 11.7 Å². The van der Waals surface area contributed by atoms with Crippen molar-refractivity contribution in [3.05, 3.63) is 30.1 Å². The number of aromatic nitrogens is 1. The second kappa shape index (κ2) is 9.88. The summed E-state index contributed by atoms with van der Waals surface area (Å²) in [6.45, 7) is 0.709. The maximum atomic E-state index is 11.7. The van der Waals surface area contributed by atoms with E-state index in [-0.39, 0.29) is 13.0 Å². The summed E-state index contributed by atoms with van der Waals surface area (Å²) in [4.78, 5) is 26.8. The van der Waals surface area contributed by atoms with E-state index in [2.05, 4.69) is 4.98 Å². The zero-order valence-corrected chi connectivity index (χ0v) is 12.0. The van der Waals surface area contributed by atoms with Crippen molar-refractivity contribution in [3.63, 3.8) is 0 Å². The molecule has 1 aromatic rings. The minimum absolute atomic E-state index is 0.217. The van der Waals surface area contributed by atoms with E-state index in [0.717, 1.165) is 12.0 Å². The molecule has 21 heavy (non-hydrogen) atoms. The van der Waals surface area contributed by atoms with Crippen LogP contribution in [-0.4, -0.2) is 35.2 Å². The van der Waals surface area contributed by atoms with Gasteiger partial charge in [-0.1, -0.05) is 12.5 Å². The molecule has 0 amide bonds. The van der Waals surface area contributed by atoms with Crippen LogP contribution in [0.25, 0.3) is 0 Å². The summed E-state index contributed by atoms with van der Waals surface area (Å²) < 4.78 is 5.05. The second-order valence-corrected chi connectivity index (χ2v) is 4.81. The van der Waals surface area contributed by atoms with Crippen LogP contribution in [0.5, 0.6) is 0 Å². The molecule has 0 saturated carbocycles. The molecular weight excluding hydrogens is 272 g/mol. The van der Waals surface area contributed by atoms with Gasteiger partial charge >= 0.3 is 11.9 Å². The van der Waals surface area contributed by atoms with Gasteiger partial charge in [0.2, 0.25) is 0 Å². The number of carboxylic acid groups (broad SMARTS) is 1. The fraction of sp³-hybridized carbons (Fsp3) is 0.533. The molecule has 1 heterocycles. The summed E-state index contributed by atoms with van der Waals surface area (Å²) in [6.07, 6.45) is 6.43. The van der Waals surface area contributed by atoms with Gasteiger partial charge in [0.25, 0.3) is 0 Å². The number of pyridine rings is 1. The highest BCUT2D eigenvalue weighted by atomic mass is 16.5. The number of unbranched alkanes of at least 4 members (excludes halogenated alkanes) is 1. The number of carbonyl (C=O) groups is 2. The molecule has 0 bridgehead atoms. The molecule has 116 valence electrons. The lowest BCUT2D eigenvalue weighted by atomic mass is 10.0. The molecule has 1 atom stereocenters. The van der Waals surface area contributed by atoms with Gasteiger partial charge in [0.15, 0.2) is 5.92 Å². The Morgan fingerprint density at radius 1 is 1.33 bits per heavy atom. The number of hydrogen-bond acceptors (Lipinski definition) is 5. The molecule has 0 aliphatic rings. The first-order chi connectivity index (χ1) is 10.1. The number of carbonyl (C=O) groups excluding carboxylic acids is 1. The Labute approximate surface area is 124 Å². The van der Waals surface area contributed by atoms with Crippen molar-refractivity contribution in [1.82, 2.24) is 4.98 Å². The molecule has 1 aromatic heterocycles. The van der Waals surface area contributed by atoms with Gasteiger partial charge in [0, 0.05) is 12.4 Å². The van der Waals surface area contributed by atoms with Crippen LogP contribution in [0.3, 0.4) is 0 Å². The predicted octanol–water partition coefficient (Wildman–Crippen LogP) is 1.39. The number of rotatable bonds is 10. The summed E-state index contributed by atoms with van der Waals surface area (Å²) in [6, 6.07) is 3.79. The molecule has 6 heteroatoms. The van der Waals surface area contributed by atoms with E-state index in [9.17, 15) is 9.59 Å². The standard InChI is InChI=1S/C15H22N2O4/c16-8-2-1-7-13(14(18)19)15(20)21-10-4-6-12-5-3-9-17-11-12/h3,5,9,11,13H,1-2,4,6-8,10,16H2,(H,18,19). The molecule has 1 rings (SSSR count). The van der Waals surface area contributed by atoms with E-state index >= 15 is 0 Å². The first-order valence-corrected chi connectivity index (χ1v) is 7.13. The third kappa shape index (κ3) is 6.85. The van der Waals surface area contributed by atoms with E-state index in [1.807, 2.05) is 12.1 Å². The summed E-state index contributed by atoms with van der Waals surface area (Å²) >= 11 is 0. The lowest BCUT2D eigenvalue weighted by molar-refractivity contribution is -0.159. The van der Waals surface area contributed by atoms with Gasteiger partial charge in [-0.3, -0.25) is 14.6 Å². The largest absolute Gasteiger partial charge is 0.481 e. The van der Waals surface area contributed by atoms with Crippen LogP contribution < -0.4 is 5.73 Å². The highest BCUT2D eigenvalue weighted by Crippen LogP contribution is 2.11. The van der Waals surface area contributed by atoms with Crippen molar-refractivity contribution in [2.75, 3.05) is 13.2 Å². The normalized spacial score (nSPS) is 11.9. The first kappa shape index (κ1) is 17.1. The summed E-state index contributed by atoms with van der Waals surface area (Å²) in [5, 5.41) is 9.04. The zero-order valence-electron chi connectivity index (χ0n) is 12.0. The van der Waals surface area contributed by atoms with Gasteiger partial charge in [-0.2, -0.15) is 0 Å². The Morgan fingerprint density at radius 3 is 2.76 bits per heavy atom. The van der Waals surface area contributed by atoms with Gasteiger partial charge in [0.1, 0.15) is 0 Å². The van der Waals surface area contributed by atoms with Crippen LogP contribution >= 0.6 is 0 Å². The number of esters is 1. The van der Waals surface area contributed by atoms with Gasteiger partial charge in [-0.15, -0.1) is 0 Å². The third-order valence-electron chi connectivity index (χ3n) is 3.11. The van der Waals surface area contributed by atoms with Crippen LogP contribution in [-0.2, 0) is 20.7 Å². The smallest absolute Gasteiger partial charge is 0.320 e. The Hall–Kier alpha value is -1.95. The number of aryl methyl sites for hydroxylation is 1. The highest BCUT2D eigenvalue weighted by molar-refractivity contribution is 5.93. The van der Waals surface area contributed by atoms with Crippen molar-refractivity contribution in [1.29, 1.82) is 0 Å². The molecule has 0 aliphatic heterocycles. The van der Waals surface area contributed by atoms with Crippen molar-refractivity contribution in [2.45, 2.75) is 32.1 Å². The van der Waals surface area contributed by atoms with E-state index in [1.54, 1.807) is 12.4 Å². The van der Waals surface area contributed by atoms with Crippen molar-refractivity contribution < 1.29 is 19.4 Å². The van der Waals surface area contributed by atoms with E-state index in [0.29, 0.717) is 25.8 Å². The van der Waals surface area contributed by atoms with Crippen LogP contribution in [0.15, 0.2) is 24.5 Å². The minimum atomic E-state index is -1.13. The van der Waals surface area contributed by atoms with E-state index in [1.165, 1.54) is 0 Å². The van der Waals surface area contributed by atoms with Crippen LogP contribution in [0, 0.1) is 5.92 Å². The predicted molar refractivity (Wildman–Crippen MR) is 77.5 cm³/mol. The van der Waals surface area contributed by atoms with Gasteiger partial charge < -0.3 is 15.6 Å². The Bertz CT molecular complexity index is 437. The van der Waals surface area contributed by atoms with Crippen molar-refractivity contribution >= 4 is 11.9 Å². The SMILES string of the molecule is NCCCCC(C(=O)O)C(=O)OCCCc1cccnc1. The zero-order chi connectivity index (χ0) is 15.5. The molecule has 3 N–H and O–H groups in total. The first-order valence-electron chi connectivity index (χ1n) is 7.13. The topological polar surface area (TPSA) is 103 Å². The fourth-order valence-electron chi connectivity index (χ4n) is 1.93. The molecule has 0 radical (unpaired) electrons. The molecule has 0 fully saturated rings. The number of carboxylic acids is 1. The van der Waals surface area contributed by atoms with Crippen LogP contribution in [0.4, 0.5) is 0 Å². The summed E-state index contributed by atoms with van der Waals surface area (Å²) in [7, 11) is 0. The number of hydrogen-bond donors (Lipinski definition) is 2. The number of aliphatic carboxylic acids is 1. The molecular formula is C15H22N2O4. The van der Waals surface area contributed by atoms with Crippen molar-refractivity contribution in [3.8, 4) is 0 Å². The fourth-order valence-corrected chi connectivity index (χ4v) is 1.93. The van der Waals surface area contributed by atoms with E-state index in [4.69, 9.17) is 15.6 Å². The Morgan fingerprint density at radius 2 is 2.14 bits per heavy atom. The van der Waals surface area contributed by atoms with Gasteiger partial charge in [-0.25, -0.2) is 0 Å². The van der Waals surface area contributed by atoms with Crippen LogP contribution in [0.2, 0.25) is 0 Å². The summed E-state index contributed by atoms with van der Waals surface area (Å²) in [5.74, 6) is -2.88. The maximum Gasteiger partial charge on any atom is 0.320 e. The number of ether oxygens (including phenoxy) is 1. The average molecular weight is 294 g/mol. The third-order valence-corrected chi connectivity index (χ3v) is 3.11. The molecule has 1 unspecified atom stereocenters. The molecule has 0 aliphatic carbocycles. The number of nitrogens with two attached hydrogens (primary N) is 1. The number of nitrogens with zero attached hydrogens (tertiary/aromatic N) is 1. The van der Waals surface area contributed by atoms with Gasteiger partial charge in [-0.05, 0) is 43.9 Å². The molecule has 0 aromatic carbocycles. The second-order valence-electron chi connectivity index (χ2n) is 4.81. The minimum Gasteiger partial charge on any atom is -0.481 e. The molecule has 6 nitrogen and oxygen atoms in total. The Balaban J connectivity index is 2.28. The lowest BCUT2D eigenvalue weighted by Gasteiger charge is -2.11.